The lowest BCUT2D eigenvalue weighted by Crippen LogP contribution is -2.00. The highest BCUT2D eigenvalue weighted by atomic mass is 16.5. The fourth-order valence-electron chi connectivity index (χ4n) is 3.56. The van der Waals surface area contributed by atoms with Crippen LogP contribution in [0.25, 0.3) is 16.9 Å². The summed E-state index contributed by atoms with van der Waals surface area (Å²) in [6.07, 6.45) is 1.73. The highest BCUT2D eigenvalue weighted by Gasteiger charge is 2.17. The number of anilines is 2. The van der Waals surface area contributed by atoms with E-state index >= 15 is 0 Å². The van der Waals surface area contributed by atoms with Crippen molar-refractivity contribution in [1.29, 1.82) is 0 Å². The van der Waals surface area contributed by atoms with Crippen LogP contribution in [0.5, 0.6) is 17.2 Å². The molecule has 4 aromatic rings. The Morgan fingerprint density at radius 2 is 1.47 bits per heavy atom. The first kappa shape index (κ1) is 21.2. The van der Waals surface area contributed by atoms with E-state index in [-0.39, 0.29) is 0 Å². The summed E-state index contributed by atoms with van der Waals surface area (Å²) < 4.78 is 17.8. The van der Waals surface area contributed by atoms with Crippen LogP contribution >= 0.6 is 0 Å². The van der Waals surface area contributed by atoms with Crippen LogP contribution in [0.3, 0.4) is 0 Å². The summed E-state index contributed by atoms with van der Waals surface area (Å²) in [5.41, 5.74) is 5.34. The van der Waals surface area contributed by atoms with Gasteiger partial charge in [-0.2, -0.15) is 5.10 Å². The molecule has 2 heterocycles. The van der Waals surface area contributed by atoms with Crippen LogP contribution in [0.1, 0.15) is 11.4 Å². The molecule has 0 bridgehead atoms. The van der Waals surface area contributed by atoms with Crippen molar-refractivity contribution in [1.82, 2.24) is 19.7 Å². The molecule has 1 N–H and O–H groups in total. The number of nitrogens with zero attached hydrogens (tertiary/aromatic N) is 4. The number of nitrogens with one attached hydrogen (secondary N) is 1. The number of hydrogen-bond donors (Lipinski definition) is 1. The lowest BCUT2D eigenvalue weighted by Gasteiger charge is -2.10. The first-order valence-electron chi connectivity index (χ1n) is 10.1. The first-order chi connectivity index (χ1) is 15.5. The molecule has 0 aliphatic rings. The van der Waals surface area contributed by atoms with E-state index in [1.165, 1.54) is 0 Å². The fraction of sp³-hybridized carbons (Fsp3) is 0.208. The molecule has 4 rings (SSSR count). The van der Waals surface area contributed by atoms with Crippen LogP contribution in [0.4, 0.5) is 11.6 Å². The van der Waals surface area contributed by atoms with E-state index in [1.807, 2.05) is 67.1 Å². The molecule has 2 aromatic carbocycles. The van der Waals surface area contributed by atoms with E-state index in [4.69, 9.17) is 24.3 Å². The Kier molecular flexibility index (Phi) is 5.93. The Labute approximate surface area is 186 Å². The van der Waals surface area contributed by atoms with Crippen LogP contribution in [-0.2, 0) is 0 Å². The zero-order valence-corrected chi connectivity index (χ0v) is 18.7. The van der Waals surface area contributed by atoms with E-state index in [9.17, 15) is 0 Å². The molecule has 0 saturated carbocycles. The number of hydrogen-bond acceptors (Lipinski definition) is 7. The van der Waals surface area contributed by atoms with Crippen molar-refractivity contribution in [3.63, 3.8) is 0 Å². The molecule has 0 atom stereocenters. The minimum Gasteiger partial charge on any atom is -0.497 e. The molecule has 0 aliphatic carbocycles. The molecule has 2 aromatic heterocycles. The maximum Gasteiger partial charge on any atom is 0.227 e. The second-order valence-electron chi connectivity index (χ2n) is 7.15. The molecular weight excluding hydrogens is 406 g/mol. The normalized spacial score (nSPS) is 10.7. The zero-order valence-electron chi connectivity index (χ0n) is 18.7. The van der Waals surface area contributed by atoms with Crippen LogP contribution in [0.2, 0.25) is 0 Å². The molecular formula is C24H25N5O3. The van der Waals surface area contributed by atoms with Gasteiger partial charge in [0.1, 0.15) is 17.2 Å². The van der Waals surface area contributed by atoms with E-state index in [0.717, 1.165) is 39.8 Å². The lowest BCUT2D eigenvalue weighted by atomic mass is 10.1. The number of rotatable bonds is 7. The average Bonchev–Trinajstić information content (AvgIpc) is 3.12. The summed E-state index contributed by atoms with van der Waals surface area (Å²) >= 11 is 0. The van der Waals surface area contributed by atoms with Crippen molar-refractivity contribution >= 4 is 11.6 Å². The van der Waals surface area contributed by atoms with Crippen LogP contribution in [0, 0.1) is 13.8 Å². The van der Waals surface area contributed by atoms with Crippen LogP contribution in [-0.4, -0.2) is 41.1 Å². The molecule has 8 nitrogen and oxygen atoms in total. The largest absolute Gasteiger partial charge is 0.497 e. The average molecular weight is 431 g/mol. The summed E-state index contributed by atoms with van der Waals surface area (Å²) in [4.78, 5) is 9.10. The summed E-state index contributed by atoms with van der Waals surface area (Å²) in [5.74, 6) is 2.62. The van der Waals surface area contributed by atoms with Gasteiger partial charge in [-0.15, -0.1) is 0 Å². The second-order valence-corrected chi connectivity index (χ2v) is 7.15. The molecule has 0 spiro atoms. The minimum absolute atomic E-state index is 0.466. The third-order valence-corrected chi connectivity index (χ3v) is 5.13. The van der Waals surface area contributed by atoms with Crippen molar-refractivity contribution in [2.75, 3.05) is 26.6 Å². The molecule has 0 unspecified atom stereocenters. The van der Waals surface area contributed by atoms with Gasteiger partial charge in [0.15, 0.2) is 0 Å². The predicted molar refractivity (Wildman–Crippen MR) is 123 cm³/mol. The van der Waals surface area contributed by atoms with E-state index in [1.54, 1.807) is 27.5 Å². The van der Waals surface area contributed by atoms with Crippen molar-refractivity contribution in [3.05, 3.63) is 66.1 Å². The highest BCUT2D eigenvalue weighted by molar-refractivity contribution is 5.68. The summed E-state index contributed by atoms with van der Waals surface area (Å²) in [6.45, 7) is 4.01. The van der Waals surface area contributed by atoms with E-state index in [0.29, 0.717) is 17.4 Å². The Balaban J connectivity index is 1.67. The Bertz CT molecular complexity index is 1210. The third kappa shape index (κ3) is 4.20. The number of aromatic nitrogens is 4. The SMILES string of the molecule is COc1ccc(-n2nc(C)c(-c3ccnc(Nc4cc(OC)cc(OC)c4)n3)c2C)cc1. The molecule has 0 amide bonds. The van der Waals surface area contributed by atoms with Crippen molar-refractivity contribution < 1.29 is 14.2 Å². The van der Waals surface area contributed by atoms with Crippen molar-refractivity contribution in [2.24, 2.45) is 0 Å². The molecule has 0 radical (unpaired) electrons. The van der Waals surface area contributed by atoms with Crippen LogP contribution in [0.15, 0.2) is 54.7 Å². The monoisotopic (exact) mass is 431 g/mol. The zero-order chi connectivity index (χ0) is 22.7. The molecule has 8 heteroatoms. The Hall–Kier alpha value is -4.07. The fourth-order valence-corrected chi connectivity index (χ4v) is 3.56. The quantitative estimate of drug-likeness (QED) is 0.453. The first-order valence-corrected chi connectivity index (χ1v) is 10.1. The van der Waals surface area contributed by atoms with Gasteiger partial charge in [0.25, 0.3) is 0 Å². The smallest absolute Gasteiger partial charge is 0.227 e. The van der Waals surface area contributed by atoms with Gasteiger partial charge in [0, 0.05) is 35.6 Å². The van der Waals surface area contributed by atoms with Gasteiger partial charge in [-0.25, -0.2) is 14.6 Å². The minimum atomic E-state index is 0.466. The number of aryl methyl sites for hydroxylation is 1. The lowest BCUT2D eigenvalue weighted by molar-refractivity contribution is 0.395. The van der Waals surface area contributed by atoms with Gasteiger partial charge < -0.3 is 19.5 Å². The van der Waals surface area contributed by atoms with Crippen molar-refractivity contribution in [3.8, 4) is 34.2 Å². The maximum atomic E-state index is 5.34. The summed E-state index contributed by atoms with van der Waals surface area (Å²) in [6, 6.07) is 15.2. The maximum absolute atomic E-state index is 5.34. The van der Waals surface area contributed by atoms with Gasteiger partial charge >= 0.3 is 0 Å². The summed E-state index contributed by atoms with van der Waals surface area (Å²) in [7, 11) is 4.88. The van der Waals surface area contributed by atoms with E-state index in [2.05, 4.69) is 10.3 Å². The molecule has 0 saturated heterocycles. The van der Waals surface area contributed by atoms with Crippen LogP contribution < -0.4 is 19.5 Å². The molecule has 0 fully saturated rings. The Morgan fingerprint density at radius 1 is 0.812 bits per heavy atom. The van der Waals surface area contributed by atoms with Gasteiger partial charge in [-0.05, 0) is 44.2 Å². The van der Waals surface area contributed by atoms with Gasteiger partial charge in [-0.3, -0.25) is 0 Å². The molecule has 32 heavy (non-hydrogen) atoms. The Morgan fingerprint density at radius 3 is 2.09 bits per heavy atom. The predicted octanol–water partition coefficient (Wildman–Crippen LogP) is 4.72. The topological polar surface area (TPSA) is 83.3 Å². The molecule has 0 aliphatic heterocycles. The second kappa shape index (κ2) is 8.97. The standard InChI is InChI=1S/C24H25N5O3/c1-15-23(16(2)29(28-15)18-6-8-19(30-3)9-7-18)22-10-11-25-24(27-22)26-17-12-20(31-4)14-21(13-17)32-5/h6-14H,1-5H3,(H,25,26,27). The van der Waals surface area contributed by atoms with E-state index < -0.39 is 0 Å². The van der Waals surface area contributed by atoms with Gasteiger partial charge in [0.2, 0.25) is 5.95 Å². The van der Waals surface area contributed by atoms with Gasteiger partial charge in [0.05, 0.1) is 44.1 Å². The number of ether oxygens (including phenoxy) is 3. The number of benzene rings is 2. The summed E-state index contributed by atoms with van der Waals surface area (Å²) in [5, 5.41) is 7.96. The highest BCUT2D eigenvalue weighted by Crippen LogP contribution is 2.30. The molecule has 164 valence electrons. The number of methoxy groups -OCH3 is 3. The third-order valence-electron chi connectivity index (χ3n) is 5.13. The van der Waals surface area contributed by atoms with Crippen molar-refractivity contribution in [2.45, 2.75) is 13.8 Å². The van der Waals surface area contributed by atoms with Gasteiger partial charge in [-0.1, -0.05) is 0 Å².